The number of pyridine rings is 1. The SMILES string of the molecule is CN=C(NCCc1ccccn1)NCc1ccc(N2CCOCC2)c(F)c1.I. The molecule has 1 saturated heterocycles. The van der Waals surface area contributed by atoms with Gasteiger partial charge in [-0.15, -0.1) is 24.0 Å². The van der Waals surface area contributed by atoms with Crippen molar-refractivity contribution in [2.24, 2.45) is 4.99 Å². The van der Waals surface area contributed by atoms with E-state index in [0.717, 1.165) is 37.3 Å². The third-order valence-electron chi connectivity index (χ3n) is 4.45. The number of morpholine rings is 1. The lowest BCUT2D eigenvalue weighted by Crippen LogP contribution is -2.38. The lowest BCUT2D eigenvalue weighted by atomic mass is 10.1. The zero-order chi connectivity index (χ0) is 18.9. The van der Waals surface area contributed by atoms with Crippen LogP contribution in [0.4, 0.5) is 10.1 Å². The van der Waals surface area contributed by atoms with Crippen LogP contribution < -0.4 is 15.5 Å². The van der Waals surface area contributed by atoms with E-state index in [2.05, 4.69) is 20.6 Å². The molecule has 0 aliphatic carbocycles. The Morgan fingerprint density at radius 1 is 1.21 bits per heavy atom. The predicted molar refractivity (Wildman–Crippen MR) is 121 cm³/mol. The number of hydrogen-bond donors (Lipinski definition) is 2. The second-order valence-corrected chi connectivity index (χ2v) is 6.31. The summed E-state index contributed by atoms with van der Waals surface area (Å²) in [6, 6.07) is 11.2. The van der Waals surface area contributed by atoms with Crippen LogP contribution in [0.1, 0.15) is 11.3 Å². The van der Waals surface area contributed by atoms with Crippen molar-refractivity contribution < 1.29 is 9.13 Å². The smallest absolute Gasteiger partial charge is 0.191 e. The second kappa shape index (κ2) is 11.8. The number of benzene rings is 1. The molecule has 1 aromatic carbocycles. The molecule has 0 bridgehead atoms. The zero-order valence-corrected chi connectivity index (χ0v) is 18.4. The van der Waals surface area contributed by atoms with Crippen LogP contribution in [0.2, 0.25) is 0 Å². The van der Waals surface area contributed by atoms with Crippen LogP contribution in [0, 0.1) is 5.82 Å². The molecule has 2 aromatic rings. The summed E-state index contributed by atoms with van der Waals surface area (Å²) in [6.07, 6.45) is 2.60. The summed E-state index contributed by atoms with van der Waals surface area (Å²) in [6.45, 7) is 3.96. The highest BCUT2D eigenvalue weighted by Gasteiger charge is 2.15. The fraction of sp³-hybridized carbons (Fsp3) is 0.400. The minimum absolute atomic E-state index is 0. The topological polar surface area (TPSA) is 61.8 Å². The monoisotopic (exact) mass is 499 g/mol. The minimum Gasteiger partial charge on any atom is -0.378 e. The van der Waals surface area contributed by atoms with Gasteiger partial charge in [-0.25, -0.2) is 4.39 Å². The molecule has 0 radical (unpaired) electrons. The van der Waals surface area contributed by atoms with E-state index < -0.39 is 0 Å². The molecule has 0 unspecified atom stereocenters. The van der Waals surface area contributed by atoms with Gasteiger partial charge in [-0.3, -0.25) is 9.98 Å². The Hall–Kier alpha value is -1.94. The first-order valence-electron chi connectivity index (χ1n) is 9.22. The van der Waals surface area contributed by atoms with Crippen molar-refractivity contribution in [1.29, 1.82) is 0 Å². The van der Waals surface area contributed by atoms with Gasteiger partial charge in [-0.05, 0) is 29.8 Å². The molecule has 2 N–H and O–H groups in total. The van der Waals surface area contributed by atoms with Gasteiger partial charge in [0.1, 0.15) is 5.82 Å². The number of anilines is 1. The first-order chi connectivity index (χ1) is 13.3. The Morgan fingerprint density at radius 2 is 2.04 bits per heavy atom. The van der Waals surface area contributed by atoms with Gasteiger partial charge < -0.3 is 20.3 Å². The van der Waals surface area contributed by atoms with Crippen LogP contribution >= 0.6 is 24.0 Å². The van der Waals surface area contributed by atoms with E-state index >= 15 is 0 Å². The van der Waals surface area contributed by atoms with Crippen LogP contribution in [0.5, 0.6) is 0 Å². The van der Waals surface area contributed by atoms with Gasteiger partial charge in [0.15, 0.2) is 5.96 Å². The molecule has 28 heavy (non-hydrogen) atoms. The van der Waals surface area contributed by atoms with E-state index in [0.29, 0.717) is 31.4 Å². The number of halogens is 2. The minimum atomic E-state index is -0.200. The summed E-state index contributed by atoms with van der Waals surface area (Å²) in [5, 5.41) is 6.47. The molecular weight excluding hydrogens is 472 g/mol. The van der Waals surface area contributed by atoms with Crippen LogP contribution in [0.25, 0.3) is 0 Å². The summed E-state index contributed by atoms with van der Waals surface area (Å²) in [5.74, 6) is 0.484. The van der Waals surface area contributed by atoms with Crippen LogP contribution in [-0.2, 0) is 17.7 Å². The highest BCUT2D eigenvalue weighted by Crippen LogP contribution is 2.21. The van der Waals surface area contributed by atoms with Crippen LogP contribution in [-0.4, -0.2) is 50.8 Å². The Morgan fingerprint density at radius 3 is 2.71 bits per heavy atom. The van der Waals surface area contributed by atoms with E-state index in [1.807, 2.05) is 35.2 Å². The van der Waals surface area contributed by atoms with E-state index in [-0.39, 0.29) is 29.8 Å². The summed E-state index contributed by atoms with van der Waals surface area (Å²) < 4.78 is 19.8. The van der Waals surface area contributed by atoms with Gasteiger partial charge >= 0.3 is 0 Å². The highest BCUT2D eigenvalue weighted by molar-refractivity contribution is 14.0. The van der Waals surface area contributed by atoms with Crippen molar-refractivity contribution in [3.8, 4) is 0 Å². The molecule has 2 heterocycles. The summed E-state index contributed by atoms with van der Waals surface area (Å²) in [5.41, 5.74) is 2.54. The fourth-order valence-electron chi connectivity index (χ4n) is 2.98. The van der Waals surface area contributed by atoms with Gasteiger partial charge in [-0.2, -0.15) is 0 Å². The Labute approximate surface area is 182 Å². The molecule has 0 saturated carbocycles. The number of aliphatic imine (C=N–C) groups is 1. The molecule has 0 spiro atoms. The van der Waals surface area contributed by atoms with E-state index in [9.17, 15) is 4.39 Å². The van der Waals surface area contributed by atoms with Gasteiger partial charge in [0.25, 0.3) is 0 Å². The molecule has 0 amide bonds. The Bertz CT molecular complexity index is 754. The number of aromatic nitrogens is 1. The molecule has 3 rings (SSSR count). The van der Waals surface area contributed by atoms with Gasteiger partial charge in [-0.1, -0.05) is 12.1 Å². The molecule has 1 aromatic heterocycles. The molecule has 1 fully saturated rings. The van der Waals surface area contributed by atoms with Crippen LogP contribution in [0.15, 0.2) is 47.6 Å². The maximum Gasteiger partial charge on any atom is 0.191 e. The van der Waals surface area contributed by atoms with E-state index in [4.69, 9.17) is 4.74 Å². The molecule has 6 nitrogen and oxygen atoms in total. The molecule has 8 heteroatoms. The van der Waals surface area contributed by atoms with Gasteiger partial charge in [0.05, 0.1) is 18.9 Å². The number of nitrogens with zero attached hydrogens (tertiary/aromatic N) is 3. The van der Waals surface area contributed by atoms with Crippen LogP contribution in [0.3, 0.4) is 0 Å². The van der Waals surface area contributed by atoms with Gasteiger partial charge in [0.2, 0.25) is 0 Å². The number of nitrogens with one attached hydrogen (secondary N) is 2. The second-order valence-electron chi connectivity index (χ2n) is 6.31. The van der Waals surface area contributed by atoms with Crippen molar-refractivity contribution in [3.63, 3.8) is 0 Å². The maximum absolute atomic E-state index is 14.5. The molecule has 1 aliphatic rings. The average molecular weight is 499 g/mol. The maximum atomic E-state index is 14.5. The lowest BCUT2D eigenvalue weighted by Gasteiger charge is -2.29. The van der Waals surface area contributed by atoms with Crippen molar-refractivity contribution in [2.75, 3.05) is 44.8 Å². The Kier molecular flexibility index (Phi) is 9.42. The average Bonchev–Trinajstić information content (AvgIpc) is 2.72. The van der Waals surface area contributed by atoms with E-state index in [1.54, 1.807) is 19.3 Å². The summed E-state index contributed by atoms with van der Waals surface area (Å²) >= 11 is 0. The summed E-state index contributed by atoms with van der Waals surface area (Å²) in [7, 11) is 1.72. The number of hydrogen-bond acceptors (Lipinski definition) is 4. The molecule has 152 valence electrons. The quantitative estimate of drug-likeness (QED) is 0.364. The molecular formula is C20H27FIN5O. The number of rotatable bonds is 6. The third-order valence-corrected chi connectivity index (χ3v) is 4.45. The van der Waals surface area contributed by atoms with Crippen molar-refractivity contribution in [2.45, 2.75) is 13.0 Å². The van der Waals surface area contributed by atoms with Crippen molar-refractivity contribution >= 4 is 35.6 Å². The number of ether oxygens (including phenoxy) is 1. The molecule has 0 atom stereocenters. The fourth-order valence-corrected chi connectivity index (χ4v) is 2.98. The first kappa shape index (κ1) is 22.4. The number of guanidine groups is 1. The third kappa shape index (κ3) is 6.59. The summed E-state index contributed by atoms with van der Waals surface area (Å²) in [4.78, 5) is 10.5. The van der Waals surface area contributed by atoms with Crippen molar-refractivity contribution in [1.82, 2.24) is 15.6 Å². The van der Waals surface area contributed by atoms with Gasteiger partial charge in [0, 0.05) is 51.5 Å². The molecule has 1 aliphatic heterocycles. The van der Waals surface area contributed by atoms with Crippen molar-refractivity contribution in [3.05, 3.63) is 59.7 Å². The standard InChI is InChI=1S/C20H26FN5O.HI/c1-22-20(24-9-7-17-4-2-3-8-23-17)25-15-16-5-6-19(18(21)14-16)26-10-12-27-13-11-26;/h2-6,8,14H,7,9-13,15H2,1H3,(H2,22,24,25);1H. The Balaban J connectivity index is 0.00000280. The largest absolute Gasteiger partial charge is 0.378 e. The highest BCUT2D eigenvalue weighted by atomic mass is 127. The predicted octanol–water partition coefficient (Wildman–Crippen LogP) is 2.58. The van der Waals surface area contributed by atoms with E-state index in [1.165, 1.54) is 0 Å². The zero-order valence-electron chi connectivity index (χ0n) is 16.0. The normalized spacial score (nSPS) is 14.4. The first-order valence-corrected chi connectivity index (χ1v) is 9.22. The lowest BCUT2D eigenvalue weighted by molar-refractivity contribution is 0.122.